The van der Waals surface area contributed by atoms with Crippen LogP contribution in [-0.4, -0.2) is 42.2 Å². The molecule has 0 atom stereocenters. The maximum Gasteiger partial charge on any atom is 0.255 e. The van der Waals surface area contributed by atoms with Gasteiger partial charge in [0.2, 0.25) is 5.71 Å². The number of aryl methyl sites for hydroxylation is 2. The number of aromatic nitrogens is 2. The van der Waals surface area contributed by atoms with Crippen LogP contribution in [0, 0.1) is 6.92 Å². The van der Waals surface area contributed by atoms with Crippen LogP contribution in [0.5, 0.6) is 11.5 Å². The van der Waals surface area contributed by atoms with Crippen LogP contribution in [0.1, 0.15) is 48.1 Å². The van der Waals surface area contributed by atoms with Crippen molar-refractivity contribution >= 4 is 22.8 Å². The minimum Gasteiger partial charge on any atom is -0.497 e. The topological polar surface area (TPSA) is 98.5 Å². The van der Waals surface area contributed by atoms with Gasteiger partial charge in [0, 0.05) is 19.0 Å². The molecule has 0 aliphatic heterocycles. The first kappa shape index (κ1) is 21.0. The monoisotopic (exact) mass is 424 g/mol. The summed E-state index contributed by atoms with van der Waals surface area (Å²) < 4.78 is 16.8. The van der Waals surface area contributed by atoms with Gasteiger partial charge in [-0.3, -0.25) is 4.79 Å². The molecule has 1 aliphatic carbocycles. The first-order chi connectivity index (χ1) is 14.9. The highest BCUT2D eigenvalue weighted by Crippen LogP contribution is 2.40. The lowest BCUT2D eigenvalue weighted by Gasteiger charge is -2.14. The highest BCUT2D eigenvalue weighted by atomic mass is 16.5. The van der Waals surface area contributed by atoms with Gasteiger partial charge in [-0.25, -0.2) is 4.98 Å². The van der Waals surface area contributed by atoms with Crippen molar-refractivity contribution in [3.8, 4) is 11.5 Å². The van der Waals surface area contributed by atoms with Gasteiger partial charge in [0.15, 0.2) is 0 Å². The minimum absolute atomic E-state index is 0.00116. The van der Waals surface area contributed by atoms with E-state index in [1.807, 2.05) is 24.3 Å². The average molecular weight is 425 g/mol. The lowest BCUT2D eigenvalue weighted by atomic mass is 10.1. The third kappa shape index (κ3) is 4.57. The Labute approximate surface area is 181 Å². The van der Waals surface area contributed by atoms with Gasteiger partial charge in [0.05, 0.1) is 24.7 Å². The molecule has 31 heavy (non-hydrogen) atoms. The number of ether oxygens (including phenoxy) is 2. The molecule has 4 rings (SSSR count). The Kier molecular flexibility index (Phi) is 5.71. The third-order valence-electron chi connectivity index (χ3n) is 5.52. The second-order valence-electron chi connectivity index (χ2n) is 8.09. The van der Waals surface area contributed by atoms with Gasteiger partial charge >= 0.3 is 0 Å². The first-order valence-electron chi connectivity index (χ1n) is 10.5. The van der Waals surface area contributed by atoms with Gasteiger partial charge in [0.1, 0.15) is 28.9 Å². The Morgan fingerprint density at radius 3 is 2.55 bits per heavy atom. The van der Waals surface area contributed by atoms with E-state index in [0.29, 0.717) is 47.1 Å². The van der Waals surface area contributed by atoms with Crippen molar-refractivity contribution in [1.82, 2.24) is 15.3 Å². The Morgan fingerprint density at radius 2 is 1.90 bits per heavy atom. The number of amides is 1. The fraction of sp³-hybridized carbons (Fsp3) is 0.435. The molecule has 1 amide bonds. The van der Waals surface area contributed by atoms with Gasteiger partial charge in [-0.1, -0.05) is 0 Å². The normalized spacial score (nSPS) is 14.3. The molecule has 1 aromatic carbocycles. The maximum atomic E-state index is 12.4. The van der Waals surface area contributed by atoms with Crippen LogP contribution in [0.3, 0.4) is 0 Å². The summed E-state index contributed by atoms with van der Waals surface area (Å²) in [5.74, 6) is 3.24. The van der Waals surface area contributed by atoms with Gasteiger partial charge in [-0.15, -0.1) is 0 Å². The number of rotatable bonds is 9. The van der Waals surface area contributed by atoms with Crippen LogP contribution >= 0.6 is 0 Å². The highest BCUT2D eigenvalue weighted by molar-refractivity contribution is 6.10. The predicted molar refractivity (Wildman–Crippen MR) is 118 cm³/mol. The van der Waals surface area contributed by atoms with E-state index in [2.05, 4.69) is 22.5 Å². The highest BCUT2D eigenvalue weighted by Gasteiger charge is 2.38. The van der Waals surface area contributed by atoms with Crippen molar-refractivity contribution in [2.75, 3.05) is 26.1 Å². The van der Waals surface area contributed by atoms with Crippen molar-refractivity contribution in [2.24, 2.45) is 0 Å². The number of hydrogen-bond donors (Lipinski definition) is 2. The number of fused-ring (bicyclic) bond motifs is 1. The van der Waals surface area contributed by atoms with Crippen molar-refractivity contribution in [3.63, 3.8) is 0 Å². The molecular formula is C23H28N4O4. The summed E-state index contributed by atoms with van der Waals surface area (Å²) in [6.07, 6.45) is 3.51. The summed E-state index contributed by atoms with van der Waals surface area (Å²) in [6, 6.07) is 7.50. The predicted octanol–water partition coefficient (Wildman–Crippen LogP) is 3.88. The lowest BCUT2D eigenvalue weighted by Crippen LogP contribution is -2.21. The van der Waals surface area contributed by atoms with E-state index in [4.69, 9.17) is 18.9 Å². The van der Waals surface area contributed by atoms with Crippen LogP contribution in [0.4, 0.5) is 5.82 Å². The summed E-state index contributed by atoms with van der Waals surface area (Å²) in [5, 5.41) is 6.82. The molecule has 2 heterocycles. The lowest BCUT2D eigenvalue weighted by molar-refractivity contribution is 0.0963. The number of carbonyl (C=O) groups excluding carboxylic acids is 1. The standard InChI is InChI=1S/C23H28N4O4/c1-14-18(21(28)24-3)19-20(27-23(2)11-12-23)25-17(26-22(19)31-14)6-5-13-30-16-9-7-15(29-4)8-10-16/h7-10H,5-6,11-13H2,1-4H3,(H,24,28)(H,25,26,27). The minimum atomic E-state index is -0.204. The van der Waals surface area contributed by atoms with Gasteiger partial charge < -0.3 is 24.5 Å². The fourth-order valence-electron chi connectivity index (χ4n) is 3.45. The molecular weight excluding hydrogens is 396 g/mol. The number of benzene rings is 1. The number of hydrogen-bond acceptors (Lipinski definition) is 7. The molecule has 2 aromatic heterocycles. The van der Waals surface area contributed by atoms with Crippen LogP contribution < -0.4 is 20.1 Å². The molecule has 1 aliphatic rings. The molecule has 1 saturated carbocycles. The number of nitrogens with one attached hydrogen (secondary N) is 2. The molecule has 0 bridgehead atoms. The van der Waals surface area contributed by atoms with Crippen molar-refractivity contribution in [2.45, 2.75) is 45.1 Å². The number of carbonyl (C=O) groups is 1. The number of anilines is 1. The molecule has 2 N–H and O–H groups in total. The SMILES string of the molecule is CNC(=O)c1c(C)oc2nc(CCCOc3ccc(OC)cc3)nc(NC3(C)CC3)c12. The van der Waals surface area contributed by atoms with E-state index in [9.17, 15) is 4.79 Å². The Bertz CT molecular complexity index is 1090. The van der Waals surface area contributed by atoms with E-state index in [1.54, 1.807) is 21.1 Å². The summed E-state index contributed by atoms with van der Waals surface area (Å²) in [6.45, 7) is 4.46. The third-order valence-corrected chi connectivity index (χ3v) is 5.52. The Balaban J connectivity index is 1.51. The van der Waals surface area contributed by atoms with E-state index >= 15 is 0 Å². The second-order valence-corrected chi connectivity index (χ2v) is 8.09. The molecule has 8 heteroatoms. The van der Waals surface area contributed by atoms with Crippen molar-refractivity contribution < 1.29 is 18.7 Å². The second kappa shape index (κ2) is 8.45. The fourth-order valence-corrected chi connectivity index (χ4v) is 3.45. The zero-order valence-corrected chi connectivity index (χ0v) is 18.4. The summed E-state index contributed by atoms with van der Waals surface area (Å²) >= 11 is 0. The van der Waals surface area contributed by atoms with E-state index < -0.39 is 0 Å². The largest absolute Gasteiger partial charge is 0.497 e. The number of methoxy groups -OCH3 is 1. The van der Waals surface area contributed by atoms with Crippen LogP contribution in [0.2, 0.25) is 0 Å². The molecule has 0 saturated heterocycles. The summed E-state index contributed by atoms with van der Waals surface area (Å²) in [5.41, 5.74) is 0.920. The molecule has 3 aromatic rings. The molecule has 8 nitrogen and oxygen atoms in total. The average Bonchev–Trinajstić information content (AvgIpc) is 3.39. The maximum absolute atomic E-state index is 12.4. The van der Waals surface area contributed by atoms with Crippen LogP contribution in [0.15, 0.2) is 28.7 Å². The van der Waals surface area contributed by atoms with Crippen molar-refractivity contribution in [3.05, 3.63) is 41.4 Å². The van der Waals surface area contributed by atoms with E-state index in [0.717, 1.165) is 30.8 Å². The zero-order valence-electron chi connectivity index (χ0n) is 18.4. The molecule has 164 valence electrons. The molecule has 0 unspecified atom stereocenters. The smallest absolute Gasteiger partial charge is 0.255 e. The molecule has 1 fully saturated rings. The van der Waals surface area contributed by atoms with E-state index in [-0.39, 0.29) is 11.4 Å². The Morgan fingerprint density at radius 1 is 1.19 bits per heavy atom. The summed E-state index contributed by atoms with van der Waals surface area (Å²) in [7, 11) is 3.24. The summed E-state index contributed by atoms with van der Waals surface area (Å²) in [4.78, 5) is 21.8. The number of furan rings is 1. The van der Waals surface area contributed by atoms with Crippen LogP contribution in [-0.2, 0) is 6.42 Å². The molecule has 0 radical (unpaired) electrons. The zero-order chi connectivity index (χ0) is 22.0. The van der Waals surface area contributed by atoms with Crippen molar-refractivity contribution in [1.29, 1.82) is 0 Å². The van der Waals surface area contributed by atoms with Crippen LogP contribution in [0.25, 0.3) is 11.1 Å². The Hall–Kier alpha value is -3.29. The number of nitrogens with zero attached hydrogens (tertiary/aromatic N) is 2. The quantitative estimate of drug-likeness (QED) is 0.503. The van der Waals surface area contributed by atoms with E-state index in [1.165, 1.54) is 0 Å². The van der Waals surface area contributed by atoms with Gasteiger partial charge in [-0.2, -0.15) is 4.98 Å². The first-order valence-corrected chi connectivity index (χ1v) is 10.5. The van der Waals surface area contributed by atoms with Gasteiger partial charge in [0.25, 0.3) is 5.91 Å². The van der Waals surface area contributed by atoms with Gasteiger partial charge in [-0.05, 0) is 57.4 Å². The molecule has 0 spiro atoms.